The highest BCUT2D eigenvalue weighted by Crippen LogP contribution is 2.29. The van der Waals surface area contributed by atoms with Crippen LogP contribution in [0.15, 0.2) is 59.5 Å². The lowest BCUT2D eigenvalue weighted by Gasteiger charge is -2.15. The van der Waals surface area contributed by atoms with Crippen molar-refractivity contribution in [1.29, 1.82) is 0 Å². The Balaban J connectivity index is 1.90. The average molecular weight is 449 g/mol. The maximum Gasteiger partial charge on any atom is 0.319 e. The van der Waals surface area contributed by atoms with E-state index in [0.29, 0.717) is 17.7 Å². The van der Waals surface area contributed by atoms with Crippen molar-refractivity contribution in [2.24, 2.45) is 7.05 Å². The van der Waals surface area contributed by atoms with E-state index < -0.39 is 12.1 Å². The van der Waals surface area contributed by atoms with Crippen molar-refractivity contribution in [3.05, 3.63) is 81.8 Å². The molecule has 0 radical (unpaired) electrons. The highest BCUT2D eigenvalue weighted by Gasteiger charge is 2.14. The first-order valence-electron chi connectivity index (χ1n) is 10.6. The Hall–Kier alpha value is -3.91. The van der Waals surface area contributed by atoms with Gasteiger partial charge in [0.1, 0.15) is 5.69 Å². The third kappa shape index (κ3) is 5.30. The fraction of sp³-hybridized carbons (Fsp3) is 0.240. The van der Waals surface area contributed by atoms with Crippen LogP contribution in [0.4, 0.5) is 16.2 Å². The van der Waals surface area contributed by atoms with Gasteiger partial charge in [0.25, 0.3) is 11.5 Å². The molecule has 172 valence electrons. The number of nitrogens with one attached hydrogen (secondary N) is 3. The number of hydrogen-bond donors (Lipinski definition) is 4. The van der Waals surface area contributed by atoms with Gasteiger partial charge in [-0.3, -0.25) is 9.59 Å². The number of anilines is 2. The Morgan fingerprint density at radius 1 is 1.06 bits per heavy atom. The van der Waals surface area contributed by atoms with E-state index in [4.69, 9.17) is 0 Å². The molecule has 33 heavy (non-hydrogen) atoms. The molecule has 0 saturated heterocycles. The minimum atomic E-state index is -0.550. The van der Waals surface area contributed by atoms with Gasteiger partial charge in [0.15, 0.2) is 0 Å². The Morgan fingerprint density at radius 3 is 2.39 bits per heavy atom. The molecule has 0 bridgehead atoms. The second kappa shape index (κ2) is 10.1. The minimum Gasteiger partial charge on any atom is -0.388 e. The van der Waals surface area contributed by atoms with Crippen molar-refractivity contribution in [3.8, 4) is 11.1 Å². The minimum absolute atomic E-state index is 0.151. The molecule has 0 spiro atoms. The predicted molar refractivity (Wildman–Crippen MR) is 130 cm³/mol. The number of pyridine rings is 1. The normalized spacial score (nSPS) is 11.5. The maximum atomic E-state index is 12.8. The van der Waals surface area contributed by atoms with Crippen LogP contribution in [0.1, 0.15) is 40.9 Å². The van der Waals surface area contributed by atoms with Gasteiger partial charge < -0.3 is 25.6 Å². The van der Waals surface area contributed by atoms with Gasteiger partial charge in [-0.05, 0) is 54.3 Å². The van der Waals surface area contributed by atoms with Crippen LogP contribution in [-0.4, -0.2) is 28.7 Å². The number of rotatable bonds is 6. The summed E-state index contributed by atoms with van der Waals surface area (Å²) in [5, 5.41) is 17.8. The summed E-state index contributed by atoms with van der Waals surface area (Å²) in [5.74, 6) is -0.268. The second-order valence-electron chi connectivity index (χ2n) is 7.74. The maximum absolute atomic E-state index is 12.8. The topological polar surface area (TPSA) is 112 Å². The molecule has 0 fully saturated rings. The summed E-state index contributed by atoms with van der Waals surface area (Å²) in [5.41, 5.74) is 4.03. The molecule has 0 aliphatic carbocycles. The van der Waals surface area contributed by atoms with E-state index >= 15 is 0 Å². The van der Waals surface area contributed by atoms with Gasteiger partial charge in [-0.2, -0.15) is 0 Å². The molecule has 3 rings (SSSR count). The van der Waals surface area contributed by atoms with Crippen LogP contribution in [0.3, 0.4) is 0 Å². The van der Waals surface area contributed by atoms with Crippen molar-refractivity contribution in [1.82, 2.24) is 9.88 Å². The van der Waals surface area contributed by atoms with Crippen LogP contribution in [0.2, 0.25) is 0 Å². The van der Waals surface area contributed by atoms with Crippen LogP contribution in [0, 0.1) is 6.92 Å². The number of hydrogen-bond acceptors (Lipinski definition) is 4. The largest absolute Gasteiger partial charge is 0.388 e. The summed E-state index contributed by atoms with van der Waals surface area (Å²) in [6.07, 6.45) is 1.73. The highest BCUT2D eigenvalue weighted by atomic mass is 16.3. The smallest absolute Gasteiger partial charge is 0.319 e. The molecule has 1 aromatic heterocycles. The van der Waals surface area contributed by atoms with E-state index in [9.17, 15) is 19.5 Å². The summed E-state index contributed by atoms with van der Waals surface area (Å²) < 4.78 is 1.40. The number of aliphatic hydroxyl groups is 1. The molecule has 3 amide bonds. The number of benzene rings is 2. The van der Waals surface area contributed by atoms with Crippen molar-refractivity contribution >= 4 is 23.3 Å². The van der Waals surface area contributed by atoms with Crippen molar-refractivity contribution in [3.63, 3.8) is 0 Å². The van der Waals surface area contributed by atoms with Crippen LogP contribution in [-0.2, 0) is 7.05 Å². The van der Waals surface area contributed by atoms with Crippen LogP contribution in [0.5, 0.6) is 0 Å². The quantitative estimate of drug-likeness (QED) is 0.459. The van der Waals surface area contributed by atoms with Gasteiger partial charge in [-0.25, -0.2) is 4.79 Å². The highest BCUT2D eigenvalue weighted by molar-refractivity contribution is 6.05. The van der Waals surface area contributed by atoms with Crippen molar-refractivity contribution in [2.45, 2.75) is 26.4 Å². The van der Waals surface area contributed by atoms with E-state index in [-0.39, 0.29) is 17.2 Å². The van der Waals surface area contributed by atoms with Gasteiger partial charge in [0.2, 0.25) is 0 Å². The molecule has 0 saturated carbocycles. The van der Waals surface area contributed by atoms with E-state index in [1.807, 2.05) is 26.0 Å². The monoisotopic (exact) mass is 448 g/mol. The summed E-state index contributed by atoms with van der Waals surface area (Å²) in [7, 11) is 3.08. The lowest BCUT2D eigenvalue weighted by molar-refractivity contribution is 0.102. The average Bonchev–Trinajstić information content (AvgIpc) is 2.82. The Morgan fingerprint density at radius 2 is 1.76 bits per heavy atom. The van der Waals surface area contributed by atoms with Crippen LogP contribution >= 0.6 is 0 Å². The zero-order chi connectivity index (χ0) is 24.1. The van der Waals surface area contributed by atoms with E-state index in [0.717, 1.165) is 22.3 Å². The number of nitrogens with zero attached hydrogens (tertiary/aromatic N) is 1. The molecule has 1 heterocycles. The summed E-state index contributed by atoms with van der Waals surface area (Å²) in [4.78, 5) is 36.9. The first kappa shape index (κ1) is 23.7. The van der Waals surface area contributed by atoms with Crippen molar-refractivity contribution in [2.75, 3.05) is 17.7 Å². The number of aliphatic hydroxyl groups excluding tert-OH is 1. The summed E-state index contributed by atoms with van der Waals surface area (Å²) >= 11 is 0. The SMILES string of the molecule is CCC(O)c1ccc(C(=O)Nc2cccc(-c3cc(NC(=O)NC)c(=O)n(C)c3)c2C)cc1. The third-order valence-corrected chi connectivity index (χ3v) is 5.50. The van der Waals surface area contributed by atoms with Gasteiger partial charge >= 0.3 is 6.03 Å². The first-order valence-corrected chi connectivity index (χ1v) is 10.6. The van der Waals surface area contributed by atoms with E-state index in [1.165, 1.54) is 11.6 Å². The lowest BCUT2D eigenvalue weighted by atomic mass is 9.99. The molecule has 2 aromatic carbocycles. The molecule has 1 unspecified atom stereocenters. The standard InChI is InChI=1S/C25H28N4O4/c1-5-22(30)16-9-11-17(12-10-16)23(31)27-20-8-6-7-19(15(20)2)18-13-21(28-25(33)26-3)24(32)29(4)14-18/h6-14,22,30H,5H2,1-4H3,(H,27,31)(H2,26,28,33). The van der Waals surface area contributed by atoms with Gasteiger partial charge in [0, 0.05) is 37.1 Å². The first-order chi connectivity index (χ1) is 15.7. The van der Waals surface area contributed by atoms with Crippen LogP contribution in [0.25, 0.3) is 11.1 Å². The summed E-state index contributed by atoms with van der Waals surface area (Å²) in [6, 6.07) is 13.5. The Bertz CT molecular complexity index is 1230. The molecule has 3 aromatic rings. The predicted octanol–water partition coefficient (Wildman–Crippen LogP) is 3.81. The van der Waals surface area contributed by atoms with E-state index in [1.54, 1.807) is 49.6 Å². The molecule has 8 heteroatoms. The van der Waals surface area contributed by atoms with Gasteiger partial charge in [0.05, 0.1) is 6.10 Å². The number of carbonyl (C=O) groups is 2. The molecule has 0 aliphatic rings. The zero-order valence-corrected chi connectivity index (χ0v) is 19.1. The molecule has 1 atom stereocenters. The lowest BCUT2D eigenvalue weighted by Crippen LogP contribution is -2.29. The molecule has 4 N–H and O–H groups in total. The second-order valence-corrected chi connectivity index (χ2v) is 7.74. The molecular formula is C25H28N4O4. The number of amides is 3. The van der Waals surface area contributed by atoms with Gasteiger partial charge in [-0.1, -0.05) is 31.2 Å². The molecule has 0 aliphatic heterocycles. The molecular weight excluding hydrogens is 420 g/mol. The number of aryl methyl sites for hydroxylation is 1. The van der Waals surface area contributed by atoms with Crippen molar-refractivity contribution < 1.29 is 14.7 Å². The number of urea groups is 1. The Labute approximate surface area is 192 Å². The van der Waals surface area contributed by atoms with Gasteiger partial charge in [-0.15, -0.1) is 0 Å². The third-order valence-electron chi connectivity index (χ3n) is 5.50. The number of aromatic nitrogens is 1. The fourth-order valence-electron chi connectivity index (χ4n) is 3.50. The molecule has 8 nitrogen and oxygen atoms in total. The van der Waals surface area contributed by atoms with E-state index in [2.05, 4.69) is 16.0 Å². The number of carbonyl (C=O) groups excluding carboxylic acids is 2. The fourth-order valence-corrected chi connectivity index (χ4v) is 3.50. The Kier molecular flexibility index (Phi) is 7.30. The summed E-state index contributed by atoms with van der Waals surface area (Å²) in [6.45, 7) is 3.77. The zero-order valence-electron chi connectivity index (χ0n) is 19.1. The van der Waals surface area contributed by atoms with Crippen LogP contribution < -0.4 is 21.5 Å².